The molecule has 0 atom stereocenters. The number of aromatic nitrogens is 1. The highest BCUT2D eigenvalue weighted by Gasteiger charge is 2.13. The summed E-state index contributed by atoms with van der Waals surface area (Å²) in [6.07, 6.45) is 1.22. The Morgan fingerprint density at radius 2 is 1.93 bits per heavy atom. The second kappa shape index (κ2) is 9.22. The lowest BCUT2D eigenvalue weighted by molar-refractivity contribution is 0.0949. The van der Waals surface area contributed by atoms with Gasteiger partial charge in [-0.15, -0.1) is 11.3 Å². The fraction of sp³-hybridized carbons (Fsp3) is 0.200. The first kappa shape index (κ1) is 19.7. The lowest BCUT2D eigenvalue weighted by atomic mass is 10.1. The van der Waals surface area contributed by atoms with Crippen molar-refractivity contribution >= 4 is 40.4 Å². The molecule has 4 nitrogen and oxygen atoms in total. The SMILES string of the molecule is COc1cccc(CCNC(=O)c2csc(Cc3c(Cl)cccc3Cl)n2)c1. The number of ether oxygens (including phenoxy) is 1. The number of carbonyl (C=O) groups excluding carboxylic acids is 1. The van der Waals surface area contributed by atoms with E-state index in [0.29, 0.717) is 28.7 Å². The van der Waals surface area contributed by atoms with E-state index >= 15 is 0 Å². The van der Waals surface area contributed by atoms with Crippen LogP contribution in [0.4, 0.5) is 0 Å². The first-order chi connectivity index (χ1) is 13.1. The molecule has 0 aliphatic rings. The van der Waals surface area contributed by atoms with Crippen molar-refractivity contribution in [1.82, 2.24) is 10.3 Å². The molecule has 140 valence electrons. The normalized spacial score (nSPS) is 10.6. The van der Waals surface area contributed by atoms with Crippen LogP contribution in [-0.4, -0.2) is 24.5 Å². The van der Waals surface area contributed by atoms with E-state index in [2.05, 4.69) is 10.3 Å². The van der Waals surface area contributed by atoms with E-state index in [-0.39, 0.29) is 5.91 Å². The minimum absolute atomic E-state index is 0.189. The van der Waals surface area contributed by atoms with Crippen LogP contribution in [0.15, 0.2) is 47.8 Å². The van der Waals surface area contributed by atoms with Gasteiger partial charge in [-0.25, -0.2) is 4.98 Å². The number of thiazole rings is 1. The fourth-order valence-corrected chi connectivity index (χ4v) is 3.90. The molecular formula is C20H18Cl2N2O2S. The third-order valence-corrected chi connectivity index (χ3v) is 5.56. The molecule has 7 heteroatoms. The number of methoxy groups -OCH3 is 1. The molecule has 1 N–H and O–H groups in total. The summed E-state index contributed by atoms with van der Waals surface area (Å²) in [6.45, 7) is 0.523. The van der Waals surface area contributed by atoms with Gasteiger partial charge in [0, 0.05) is 28.4 Å². The van der Waals surface area contributed by atoms with Crippen molar-refractivity contribution in [3.05, 3.63) is 79.7 Å². The third-order valence-electron chi connectivity index (χ3n) is 4.01. The van der Waals surface area contributed by atoms with Crippen molar-refractivity contribution in [3.63, 3.8) is 0 Å². The largest absolute Gasteiger partial charge is 0.497 e. The van der Waals surface area contributed by atoms with Gasteiger partial charge in [-0.2, -0.15) is 0 Å². The summed E-state index contributed by atoms with van der Waals surface area (Å²) in [5.41, 5.74) is 2.32. The first-order valence-electron chi connectivity index (χ1n) is 8.35. The van der Waals surface area contributed by atoms with E-state index < -0.39 is 0 Å². The number of hydrogen-bond acceptors (Lipinski definition) is 4. The number of benzene rings is 2. The molecule has 2 aromatic carbocycles. The van der Waals surface area contributed by atoms with Crippen LogP contribution in [0.25, 0.3) is 0 Å². The summed E-state index contributed by atoms with van der Waals surface area (Å²) in [7, 11) is 1.64. The number of halogens is 2. The number of nitrogens with zero attached hydrogens (tertiary/aromatic N) is 1. The molecule has 0 saturated carbocycles. The van der Waals surface area contributed by atoms with E-state index in [1.165, 1.54) is 11.3 Å². The quantitative estimate of drug-likeness (QED) is 0.583. The zero-order chi connectivity index (χ0) is 19.2. The monoisotopic (exact) mass is 420 g/mol. The molecule has 1 amide bonds. The van der Waals surface area contributed by atoms with Crippen LogP contribution in [-0.2, 0) is 12.8 Å². The fourth-order valence-electron chi connectivity index (χ4n) is 2.59. The molecule has 0 spiro atoms. The Balaban J connectivity index is 1.57. The summed E-state index contributed by atoms with van der Waals surface area (Å²) in [5.74, 6) is 0.617. The van der Waals surface area contributed by atoms with Crippen molar-refractivity contribution in [2.75, 3.05) is 13.7 Å². The molecule has 0 fully saturated rings. The zero-order valence-electron chi connectivity index (χ0n) is 14.7. The van der Waals surface area contributed by atoms with Gasteiger partial charge in [-0.05, 0) is 41.8 Å². The van der Waals surface area contributed by atoms with Crippen LogP contribution in [0, 0.1) is 0 Å². The van der Waals surface area contributed by atoms with Gasteiger partial charge < -0.3 is 10.1 Å². The van der Waals surface area contributed by atoms with Gasteiger partial charge in [-0.3, -0.25) is 4.79 Å². The molecule has 1 heterocycles. The maximum Gasteiger partial charge on any atom is 0.270 e. The Labute approximate surface area is 172 Å². The van der Waals surface area contributed by atoms with Crippen molar-refractivity contribution in [1.29, 1.82) is 0 Å². The van der Waals surface area contributed by atoms with Crippen LogP contribution in [0.5, 0.6) is 5.75 Å². The minimum Gasteiger partial charge on any atom is -0.497 e. The highest BCUT2D eigenvalue weighted by Crippen LogP contribution is 2.27. The Morgan fingerprint density at radius 3 is 2.67 bits per heavy atom. The zero-order valence-corrected chi connectivity index (χ0v) is 17.0. The Hall–Kier alpha value is -2.08. The topological polar surface area (TPSA) is 51.2 Å². The Bertz CT molecular complexity index is 923. The molecule has 0 aliphatic heterocycles. The van der Waals surface area contributed by atoms with Gasteiger partial charge in [-0.1, -0.05) is 41.4 Å². The van der Waals surface area contributed by atoms with E-state index in [0.717, 1.165) is 28.3 Å². The average molecular weight is 421 g/mol. The average Bonchev–Trinajstić information content (AvgIpc) is 3.14. The second-order valence-electron chi connectivity index (χ2n) is 5.86. The lowest BCUT2D eigenvalue weighted by Crippen LogP contribution is -2.26. The van der Waals surface area contributed by atoms with Gasteiger partial charge in [0.1, 0.15) is 11.4 Å². The first-order valence-corrected chi connectivity index (χ1v) is 9.99. The van der Waals surface area contributed by atoms with Crippen LogP contribution < -0.4 is 10.1 Å². The molecule has 3 rings (SSSR count). The molecule has 0 aliphatic carbocycles. The molecule has 1 aromatic heterocycles. The van der Waals surface area contributed by atoms with Gasteiger partial charge in [0.05, 0.1) is 12.1 Å². The predicted molar refractivity (Wildman–Crippen MR) is 110 cm³/mol. The highest BCUT2D eigenvalue weighted by atomic mass is 35.5. The van der Waals surface area contributed by atoms with Crippen LogP contribution >= 0.6 is 34.5 Å². The number of amides is 1. The lowest BCUT2D eigenvalue weighted by Gasteiger charge is -2.06. The van der Waals surface area contributed by atoms with Crippen molar-refractivity contribution in [2.45, 2.75) is 12.8 Å². The smallest absolute Gasteiger partial charge is 0.270 e. The maximum absolute atomic E-state index is 12.3. The standard InChI is InChI=1S/C20H18Cl2N2O2S/c1-26-14-5-2-4-13(10-14)8-9-23-20(25)18-12-27-19(24-18)11-15-16(21)6-3-7-17(15)22/h2-7,10,12H,8-9,11H2,1H3,(H,23,25). The van der Waals surface area contributed by atoms with E-state index in [9.17, 15) is 4.79 Å². The predicted octanol–water partition coefficient (Wildman–Crippen LogP) is 5.02. The summed E-state index contributed by atoms with van der Waals surface area (Å²) in [4.78, 5) is 16.7. The number of rotatable bonds is 7. The Kier molecular flexibility index (Phi) is 6.72. The highest BCUT2D eigenvalue weighted by molar-refractivity contribution is 7.09. The van der Waals surface area contributed by atoms with Crippen LogP contribution in [0.1, 0.15) is 26.6 Å². The van der Waals surface area contributed by atoms with Crippen LogP contribution in [0.2, 0.25) is 10.0 Å². The van der Waals surface area contributed by atoms with E-state index in [4.69, 9.17) is 27.9 Å². The molecule has 0 radical (unpaired) electrons. The Morgan fingerprint density at radius 1 is 1.19 bits per heavy atom. The molecular weight excluding hydrogens is 403 g/mol. The second-order valence-corrected chi connectivity index (χ2v) is 7.62. The molecule has 3 aromatic rings. The van der Waals surface area contributed by atoms with Gasteiger partial charge in [0.15, 0.2) is 0 Å². The van der Waals surface area contributed by atoms with Gasteiger partial charge in [0.2, 0.25) is 0 Å². The molecule has 0 saturated heterocycles. The van der Waals surface area contributed by atoms with Crippen molar-refractivity contribution in [2.24, 2.45) is 0 Å². The summed E-state index contributed by atoms with van der Waals surface area (Å²) in [6, 6.07) is 13.2. The van der Waals surface area contributed by atoms with Gasteiger partial charge in [0.25, 0.3) is 5.91 Å². The molecule has 27 heavy (non-hydrogen) atoms. The molecule has 0 bridgehead atoms. The van der Waals surface area contributed by atoms with E-state index in [1.54, 1.807) is 30.7 Å². The van der Waals surface area contributed by atoms with Crippen LogP contribution in [0.3, 0.4) is 0 Å². The number of hydrogen-bond donors (Lipinski definition) is 1. The summed E-state index contributed by atoms with van der Waals surface area (Å²) < 4.78 is 5.21. The van der Waals surface area contributed by atoms with Gasteiger partial charge >= 0.3 is 0 Å². The summed E-state index contributed by atoms with van der Waals surface area (Å²) >= 11 is 13.8. The molecule has 0 unspecified atom stereocenters. The van der Waals surface area contributed by atoms with Crippen molar-refractivity contribution < 1.29 is 9.53 Å². The maximum atomic E-state index is 12.3. The van der Waals surface area contributed by atoms with E-state index in [1.807, 2.05) is 24.3 Å². The van der Waals surface area contributed by atoms with Crippen molar-refractivity contribution in [3.8, 4) is 5.75 Å². The number of carbonyl (C=O) groups is 1. The third kappa shape index (κ3) is 5.22. The summed E-state index contributed by atoms with van der Waals surface area (Å²) in [5, 5.41) is 6.64. The number of nitrogens with one attached hydrogen (secondary N) is 1. The minimum atomic E-state index is -0.189.